The third-order valence-corrected chi connectivity index (χ3v) is 2.80. The largest absolute Gasteiger partial charge is 0.381 e. The van der Waals surface area contributed by atoms with Crippen molar-refractivity contribution in [2.75, 3.05) is 10.6 Å². The molecule has 2 rings (SSSR count). The molecule has 0 radical (unpaired) electrons. The number of anilines is 2. The highest BCUT2D eigenvalue weighted by Gasteiger charge is 1.98. The van der Waals surface area contributed by atoms with Gasteiger partial charge in [0.2, 0.25) is 5.91 Å². The number of rotatable bonds is 4. The van der Waals surface area contributed by atoms with Gasteiger partial charge in [0.1, 0.15) is 0 Å². The average Bonchev–Trinajstić information content (AvgIpc) is 2.38. The molecule has 0 saturated carbocycles. The van der Waals surface area contributed by atoms with Crippen LogP contribution in [0.4, 0.5) is 11.4 Å². The van der Waals surface area contributed by atoms with Crippen LogP contribution in [0.5, 0.6) is 0 Å². The summed E-state index contributed by atoms with van der Waals surface area (Å²) in [5.74, 6) is -0.0596. The number of amides is 1. The summed E-state index contributed by atoms with van der Waals surface area (Å²) < 4.78 is 0. The zero-order valence-corrected chi connectivity index (χ0v) is 11.2. The normalized spacial score (nSPS) is 10.0. The van der Waals surface area contributed by atoms with Crippen LogP contribution in [0.2, 0.25) is 0 Å². The van der Waals surface area contributed by atoms with Crippen molar-refractivity contribution in [2.24, 2.45) is 0 Å². The van der Waals surface area contributed by atoms with E-state index in [9.17, 15) is 4.79 Å². The number of carbonyl (C=O) groups excluding carboxylic acids is 1. The van der Waals surface area contributed by atoms with Crippen LogP contribution in [0.15, 0.2) is 48.5 Å². The van der Waals surface area contributed by atoms with Crippen LogP contribution >= 0.6 is 0 Å². The highest BCUT2D eigenvalue weighted by molar-refractivity contribution is 5.89. The summed E-state index contributed by atoms with van der Waals surface area (Å²) in [5, 5.41) is 6.11. The second-order valence-electron chi connectivity index (χ2n) is 4.60. The van der Waals surface area contributed by atoms with Gasteiger partial charge in [-0.1, -0.05) is 35.9 Å². The summed E-state index contributed by atoms with van der Waals surface area (Å²) in [4.78, 5) is 11.0. The van der Waals surface area contributed by atoms with Crippen LogP contribution in [0.1, 0.15) is 18.1 Å². The molecule has 3 nitrogen and oxygen atoms in total. The molecule has 0 aliphatic rings. The molecular formula is C16H18N2O. The van der Waals surface area contributed by atoms with E-state index in [4.69, 9.17) is 0 Å². The fourth-order valence-electron chi connectivity index (χ4n) is 1.82. The molecule has 0 aliphatic heterocycles. The maximum atomic E-state index is 11.0. The van der Waals surface area contributed by atoms with Gasteiger partial charge in [-0.2, -0.15) is 0 Å². The van der Waals surface area contributed by atoms with E-state index >= 15 is 0 Å². The van der Waals surface area contributed by atoms with E-state index in [1.807, 2.05) is 24.3 Å². The Morgan fingerprint density at radius 2 is 1.74 bits per heavy atom. The average molecular weight is 254 g/mol. The Hall–Kier alpha value is -2.29. The fourth-order valence-corrected chi connectivity index (χ4v) is 1.82. The minimum Gasteiger partial charge on any atom is -0.381 e. The van der Waals surface area contributed by atoms with Gasteiger partial charge in [0, 0.05) is 24.8 Å². The van der Waals surface area contributed by atoms with Gasteiger partial charge in [-0.05, 0) is 30.7 Å². The first kappa shape index (κ1) is 13.1. The van der Waals surface area contributed by atoms with Crippen molar-refractivity contribution in [3.05, 3.63) is 59.7 Å². The number of aryl methyl sites for hydroxylation is 1. The lowest BCUT2D eigenvalue weighted by Crippen LogP contribution is -2.06. The Kier molecular flexibility index (Phi) is 4.18. The molecule has 2 aromatic rings. The fraction of sp³-hybridized carbons (Fsp3) is 0.188. The number of carbonyl (C=O) groups is 1. The Balaban J connectivity index is 1.99. The molecular weight excluding hydrogens is 236 g/mol. The molecule has 2 N–H and O–H groups in total. The van der Waals surface area contributed by atoms with Crippen molar-refractivity contribution in [2.45, 2.75) is 20.4 Å². The molecule has 3 heteroatoms. The van der Waals surface area contributed by atoms with E-state index in [0.29, 0.717) is 0 Å². The molecule has 0 spiro atoms. The van der Waals surface area contributed by atoms with Crippen molar-refractivity contribution in [3.63, 3.8) is 0 Å². The van der Waals surface area contributed by atoms with Gasteiger partial charge in [-0.25, -0.2) is 0 Å². The minimum absolute atomic E-state index is 0.0596. The molecule has 0 fully saturated rings. The first-order chi connectivity index (χ1) is 9.13. The van der Waals surface area contributed by atoms with Crippen molar-refractivity contribution in [1.29, 1.82) is 0 Å². The molecule has 0 saturated heterocycles. The molecule has 0 aliphatic carbocycles. The third-order valence-electron chi connectivity index (χ3n) is 2.80. The van der Waals surface area contributed by atoms with Gasteiger partial charge < -0.3 is 10.6 Å². The van der Waals surface area contributed by atoms with E-state index in [1.54, 1.807) is 0 Å². The molecule has 0 heterocycles. The molecule has 98 valence electrons. The van der Waals surface area contributed by atoms with Crippen molar-refractivity contribution >= 4 is 17.3 Å². The lowest BCUT2D eigenvalue weighted by Gasteiger charge is -2.09. The van der Waals surface area contributed by atoms with Gasteiger partial charge >= 0.3 is 0 Å². The summed E-state index contributed by atoms with van der Waals surface area (Å²) >= 11 is 0. The second kappa shape index (κ2) is 6.05. The van der Waals surface area contributed by atoms with Gasteiger partial charge in [0.15, 0.2) is 0 Å². The van der Waals surface area contributed by atoms with Crippen LogP contribution in [0, 0.1) is 6.92 Å². The number of hydrogen-bond donors (Lipinski definition) is 2. The predicted octanol–water partition coefficient (Wildman–Crippen LogP) is 3.57. The lowest BCUT2D eigenvalue weighted by atomic mass is 10.1. The van der Waals surface area contributed by atoms with E-state index in [1.165, 1.54) is 18.1 Å². The topological polar surface area (TPSA) is 41.1 Å². The molecule has 1 amide bonds. The van der Waals surface area contributed by atoms with Crippen LogP contribution in [-0.4, -0.2) is 5.91 Å². The molecule has 19 heavy (non-hydrogen) atoms. The summed E-state index contributed by atoms with van der Waals surface area (Å²) in [7, 11) is 0. The Labute approximate surface area is 113 Å². The van der Waals surface area contributed by atoms with Crippen molar-refractivity contribution < 1.29 is 4.79 Å². The summed E-state index contributed by atoms with van der Waals surface area (Å²) in [6.07, 6.45) is 0. The van der Waals surface area contributed by atoms with Crippen LogP contribution in [0.3, 0.4) is 0 Å². The van der Waals surface area contributed by atoms with Crippen LogP contribution in [0.25, 0.3) is 0 Å². The highest BCUT2D eigenvalue weighted by atomic mass is 16.1. The summed E-state index contributed by atoms with van der Waals surface area (Å²) in [6, 6.07) is 16.1. The van der Waals surface area contributed by atoms with E-state index in [0.717, 1.165) is 17.9 Å². The van der Waals surface area contributed by atoms with Crippen LogP contribution < -0.4 is 10.6 Å². The maximum absolute atomic E-state index is 11.0. The van der Waals surface area contributed by atoms with Gasteiger partial charge in [-0.15, -0.1) is 0 Å². The smallest absolute Gasteiger partial charge is 0.221 e. The maximum Gasteiger partial charge on any atom is 0.221 e. The lowest BCUT2D eigenvalue weighted by molar-refractivity contribution is -0.114. The molecule has 0 atom stereocenters. The zero-order chi connectivity index (χ0) is 13.7. The van der Waals surface area contributed by atoms with Gasteiger partial charge in [0.25, 0.3) is 0 Å². The predicted molar refractivity (Wildman–Crippen MR) is 79.3 cm³/mol. The first-order valence-corrected chi connectivity index (χ1v) is 6.30. The van der Waals surface area contributed by atoms with Gasteiger partial charge in [-0.3, -0.25) is 4.79 Å². The number of benzene rings is 2. The SMILES string of the molecule is CC(=O)Nc1cccc(NCc2ccc(C)cc2)c1. The molecule has 0 unspecified atom stereocenters. The third kappa shape index (κ3) is 4.14. The molecule has 0 aromatic heterocycles. The highest BCUT2D eigenvalue weighted by Crippen LogP contribution is 2.16. The van der Waals surface area contributed by atoms with E-state index in [2.05, 4.69) is 41.8 Å². The Morgan fingerprint density at radius 3 is 2.42 bits per heavy atom. The van der Waals surface area contributed by atoms with E-state index < -0.39 is 0 Å². The summed E-state index contributed by atoms with van der Waals surface area (Å²) in [6.45, 7) is 4.35. The first-order valence-electron chi connectivity index (χ1n) is 6.30. The van der Waals surface area contributed by atoms with E-state index in [-0.39, 0.29) is 5.91 Å². The molecule has 0 bridgehead atoms. The van der Waals surface area contributed by atoms with Gasteiger partial charge in [0.05, 0.1) is 0 Å². The quantitative estimate of drug-likeness (QED) is 0.875. The van der Waals surface area contributed by atoms with Crippen molar-refractivity contribution in [3.8, 4) is 0 Å². The standard InChI is InChI=1S/C16H18N2O/c1-12-6-8-14(9-7-12)11-17-15-4-3-5-16(10-15)18-13(2)19/h3-10,17H,11H2,1-2H3,(H,18,19). The number of hydrogen-bond acceptors (Lipinski definition) is 2. The minimum atomic E-state index is -0.0596. The summed E-state index contributed by atoms with van der Waals surface area (Å²) in [5.41, 5.74) is 4.29. The van der Waals surface area contributed by atoms with Crippen molar-refractivity contribution in [1.82, 2.24) is 0 Å². The van der Waals surface area contributed by atoms with Crippen LogP contribution in [-0.2, 0) is 11.3 Å². The molecule has 2 aromatic carbocycles. The monoisotopic (exact) mass is 254 g/mol. The zero-order valence-electron chi connectivity index (χ0n) is 11.2. The Bertz CT molecular complexity index is 561. The number of nitrogens with one attached hydrogen (secondary N) is 2. The second-order valence-corrected chi connectivity index (χ2v) is 4.60. The Morgan fingerprint density at radius 1 is 1.05 bits per heavy atom.